The Labute approximate surface area is 125 Å². The molecule has 0 bridgehead atoms. The lowest BCUT2D eigenvalue weighted by Gasteiger charge is -2.20. The lowest BCUT2D eigenvalue weighted by atomic mass is 10.1. The summed E-state index contributed by atoms with van der Waals surface area (Å²) in [5, 5.41) is 3.07. The zero-order valence-electron chi connectivity index (χ0n) is 12.0. The number of ether oxygens (including phenoxy) is 1. The first-order valence-corrected chi connectivity index (χ1v) is 7.24. The van der Waals surface area contributed by atoms with Crippen molar-refractivity contribution in [3.8, 4) is 0 Å². The molecular formula is C15H16FNO3S. The van der Waals surface area contributed by atoms with Gasteiger partial charge in [0, 0.05) is 15.6 Å². The van der Waals surface area contributed by atoms with Gasteiger partial charge in [-0.3, -0.25) is 4.79 Å². The van der Waals surface area contributed by atoms with Crippen molar-refractivity contribution in [2.75, 3.05) is 6.61 Å². The largest absolute Gasteiger partial charge is 0.451 e. The van der Waals surface area contributed by atoms with Crippen molar-refractivity contribution in [3.05, 3.63) is 35.0 Å². The molecule has 21 heavy (non-hydrogen) atoms. The third-order valence-electron chi connectivity index (χ3n) is 2.56. The van der Waals surface area contributed by atoms with Crippen molar-refractivity contribution in [2.45, 2.75) is 26.3 Å². The Kier molecular flexibility index (Phi) is 4.27. The van der Waals surface area contributed by atoms with Crippen LogP contribution in [0.3, 0.4) is 0 Å². The summed E-state index contributed by atoms with van der Waals surface area (Å²) in [5.74, 6) is -1.38. The van der Waals surface area contributed by atoms with Crippen molar-refractivity contribution >= 4 is 33.3 Å². The van der Waals surface area contributed by atoms with Crippen LogP contribution in [-0.4, -0.2) is 24.0 Å². The molecule has 1 N–H and O–H groups in total. The number of carbonyl (C=O) groups is 2. The molecule has 0 saturated carbocycles. The number of hydrogen-bond acceptors (Lipinski definition) is 4. The predicted octanol–water partition coefficient (Wildman–Crippen LogP) is 3.11. The number of benzene rings is 1. The molecule has 1 amide bonds. The number of esters is 1. The molecule has 2 rings (SSSR count). The van der Waals surface area contributed by atoms with E-state index < -0.39 is 5.97 Å². The number of halogens is 1. The first-order chi connectivity index (χ1) is 9.76. The number of thiophene rings is 1. The van der Waals surface area contributed by atoms with Gasteiger partial charge in [-0.1, -0.05) is 6.07 Å². The van der Waals surface area contributed by atoms with Gasteiger partial charge < -0.3 is 10.1 Å². The molecule has 0 aliphatic carbocycles. The quantitative estimate of drug-likeness (QED) is 0.886. The third kappa shape index (κ3) is 4.01. The van der Waals surface area contributed by atoms with Crippen LogP contribution in [0.15, 0.2) is 24.3 Å². The molecule has 0 spiro atoms. The van der Waals surface area contributed by atoms with E-state index in [9.17, 15) is 14.0 Å². The van der Waals surface area contributed by atoms with E-state index in [2.05, 4.69) is 5.32 Å². The highest BCUT2D eigenvalue weighted by Crippen LogP contribution is 2.28. The van der Waals surface area contributed by atoms with Crippen molar-refractivity contribution in [2.24, 2.45) is 0 Å². The van der Waals surface area contributed by atoms with Crippen LogP contribution in [0.25, 0.3) is 10.1 Å². The minimum absolute atomic E-state index is 0.277. The fourth-order valence-electron chi connectivity index (χ4n) is 1.78. The van der Waals surface area contributed by atoms with Crippen LogP contribution in [-0.2, 0) is 9.53 Å². The Balaban J connectivity index is 2.03. The van der Waals surface area contributed by atoms with Crippen LogP contribution in [0.1, 0.15) is 30.4 Å². The maximum atomic E-state index is 13.6. The summed E-state index contributed by atoms with van der Waals surface area (Å²) >= 11 is 1.14. The van der Waals surface area contributed by atoms with E-state index in [1.54, 1.807) is 12.1 Å². The smallest absolute Gasteiger partial charge is 0.348 e. The Morgan fingerprint density at radius 2 is 2.05 bits per heavy atom. The van der Waals surface area contributed by atoms with E-state index in [-0.39, 0.29) is 28.7 Å². The minimum Gasteiger partial charge on any atom is -0.451 e. The second-order valence-electron chi connectivity index (χ2n) is 5.64. The fraction of sp³-hybridized carbons (Fsp3) is 0.333. The highest BCUT2D eigenvalue weighted by molar-refractivity contribution is 7.20. The van der Waals surface area contributed by atoms with E-state index in [1.165, 1.54) is 12.1 Å². The summed E-state index contributed by atoms with van der Waals surface area (Å²) in [6.07, 6.45) is 0. The van der Waals surface area contributed by atoms with E-state index in [1.807, 2.05) is 20.8 Å². The molecule has 4 nitrogen and oxygen atoms in total. The van der Waals surface area contributed by atoms with Crippen LogP contribution in [0.4, 0.5) is 4.39 Å². The summed E-state index contributed by atoms with van der Waals surface area (Å²) < 4.78 is 19.2. The summed E-state index contributed by atoms with van der Waals surface area (Å²) in [6.45, 7) is 5.15. The predicted molar refractivity (Wildman–Crippen MR) is 80.0 cm³/mol. The van der Waals surface area contributed by atoms with Gasteiger partial charge in [-0.2, -0.15) is 0 Å². The van der Waals surface area contributed by atoms with Gasteiger partial charge in [0.05, 0.1) is 0 Å². The van der Waals surface area contributed by atoms with E-state index >= 15 is 0 Å². The Hall–Kier alpha value is -1.95. The fourth-order valence-corrected chi connectivity index (χ4v) is 2.75. The molecule has 1 aromatic heterocycles. The van der Waals surface area contributed by atoms with Crippen molar-refractivity contribution in [1.29, 1.82) is 0 Å². The van der Waals surface area contributed by atoms with Crippen LogP contribution >= 0.6 is 11.3 Å². The molecule has 0 fully saturated rings. The number of rotatable bonds is 3. The van der Waals surface area contributed by atoms with Gasteiger partial charge in [0.1, 0.15) is 10.7 Å². The van der Waals surface area contributed by atoms with Crippen molar-refractivity contribution < 1.29 is 18.7 Å². The zero-order valence-corrected chi connectivity index (χ0v) is 12.8. The second-order valence-corrected chi connectivity index (χ2v) is 6.72. The highest BCUT2D eigenvalue weighted by Gasteiger charge is 2.17. The molecule has 1 heterocycles. The van der Waals surface area contributed by atoms with Gasteiger partial charge >= 0.3 is 5.97 Å². The Morgan fingerprint density at radius 3 is 2.67 bits per heavy atom. The number of carbonyl (C=O) groups excluding carboxylic acids is 2. The van der Waals surface area contributed by atoms with Gasteiger partial charge in [0.2, 0.25) is 0 Å². The lowest BCUT2D eigenvalue weighted by molar-refractivity contribution is -0.125. The number of amides is 1. The highest BCUT2D eigenvalue weighted by atomic mass is 32.1. The molecule has 0 aliphatic rings. The molecule has 0 saturated heterocycles. The van der Waals surface area contributed by atoms with Gasteiger partial charge in [-0.15, -0.1) is 11.3 Å². The van der Waals surface area contributed by atoms with Crippen LogP contribution in [0.2, 0.25) is 0 Å². The SMILES string of the molecule is CC(C)(C)NC(=O)COC(=O)c1cc2c(F)cccc2s1. The normalized spacial score (nSPS) is 11.4. The third-order valence-corrected chi connectivity index (χ3v) is 3.64. The van der Waals surface area contributed by atoms with Crippen molar-refractivity contribution in [1.82, 2.24) is 5.32 Å². The first kappa shape index (κ1) is 15.4. The van der Waals surface area contributed by atoms with E-state index in [0.717, 1.165) is 11.3 Å². The maximum Gasteiger partial charge on any atom is 0.348 e. The lowest BCUT2D eigenvalue weighted by Crippen LogP contribution is -2.42. The molecule has 0 radical (unpaired) electrons. The molecule has 0 unspecified atom stereocenters. The second kappa shape index (κ2) is 5.81. The van der Waals surface area contributed by atoms with Gasteiger partial charge in [-0.05, 0) is 39.0 Å². The molecule has 112 valence electrons. The zero-order chi connectivity index (χ0) is 15.6. The number of fused-ring (bicyclic) bond motifs is 1. The van der Waals surface area contributed by atoms with Gasteiger partial charge in [0.15, 0.2) is 6.61 Å². The van der Waals surface area contributed by atoms with Gasteiger partial charge in [0.25, 0.3) is 5.91 Å². The number of nitrogens with one attached hydrogen (secondary N) is 1. The molecule has 0 aliphatic heterocycles. The van der Waals surface area contributed by atoms with Crippen LogP contribution < -0.4 is 5.32 Å². The average Bonchev–Trinajstić information content (AvgIpc) is 2.79. The first-order valence-electron chi connectivity index (χ1n) is 6.42. The molecule has 6 heteroatoms. The average molecular weight is 309 g/mol. The topological polar surface area (TPSA) is 55.4 Å². The van der Waals surface area contributed by atoms with Crippen molar-refractivity contribution in [3.63, 3.8) is 0 Å². The summed E-state index contributed by atoms with van der Waals surface area (Å²) in [6, 6.07) is 6.09. The summed E-state index contributed by atoms with van der Waals surface area (Å²) in [4.78, 5) is 23.7. The monoisotopic (exact) mass is 309 g/mol. The Bertz CT molecular complexity index is 688. The van der Waals surface area contributed by atoms with Crippen LogP contribution in [0, 0.1) is 5.82 Å². The van der Waals surface area contributed by atoms with Gasteiger partial charge in [-0.25, -0.2) is 9.18 Å². The molecule has 2 aromatic rings. The summed E-state index contributed by atoms with van der Waals surface area (Å²) in [5.41, 5.74) is -0.385. The molecule has 1 aromatic carbocycles. The van der Waals surface area contributed by atoms with E-state index in [0.29, 0.717) is 10.1 Å². The summed E-state index contributed by atoms with van der Waals surface area (Å²) in [7, 11) is 0. The van der Waals surface area contributed by atoms with E-state index in [4.69, 9.17) is 4.74 Å². The Morgan fingerprint density at radius 1 is 1.33 bits per heavy atom. The maximum absolute atomic E-state index is 13.6. The number of hydrogen-bond donors (Lipinski definition) is 1. The molecular weight excluding hydrogens is 293 g/mol. The minimum atomic E-state index is -0.625. The standard InChI is InChI=1S/C15H16FNO3S/c1-15(2,3)17-13(18)8-20-14(19)12-7-9-10(16)5-4-6-11(9)21-12/h4-7H,8H2,1-3H3,(H,17,18). The molecule has 0 atom stereocenters. The van der Waals surface area contributed by atoms with Crippen LogP contribution in [0.5, 0.6) is 0 Å².